The molecule has 1 rings (SSSR count). The van der Waals surface area contributed by atoms with Gasteiger partial charge < -0.3 is 15.2 Å². The topological polar surface area (TPSA) is 75.6 Å². The summed E-state index contributed by atoms with van der Waals surface area (Å²) in [5.41, 5.74) is -0.0427. The Balaban J connectivity index is 3.35. The van der Waals surface area contributed by atoms with Crippen LogP contribution in [0, 0.1) is 5.41 Å². The Labute approximate surface area is 122 Å². The monoisotopic (exact) mass is 299 g/mol. The molecule has 110 valence electrons. The third-order valence-electron chi connectivity index (χ3n) is 2.94. The number of halogens is 1. The number of benzene rings is 1. The first-order valence-corrected chi connectivity index (χ1v) is 6.43. The average molecular weight is 300 g/mol. The zero-order chi connectivity index (χ0) is 15.5. The van der Waals surface area contributed by atoms with E-state index in [2.05, 4.69) is 5.32 Å². The number of carboxylic acids is 1. The minimum atomic E-state index is -1.01. The number of amides is 1. The number of ether oxygens (including phenoxy) is 1. The van der Waals surface area contributed by atoms with Crippen LogP contribution in [0.5, 0.6) is 5.75 Å². The number of aliphatic carboxylic acids is 1. The van der Waals surface area contributed by atoms with Crippen molar-refractivity contribution >= 4 is 29.2 Å². The van der Waals surface area contributed by atoms with Crippen molar-refractivity contribution in [2.45, 2.75) is 27.2 Å². The lowest BCUT2D eigenvalue weighted by atomic mass is 9.85. The van der Waals surface area contributed by atoms with Crippen LogP contribution in [0.25, 0.3) is 0 Å². The molecular formula is C14H18ClNO4. The Hall–Kier alpha value is -1.75. The molecule has 0 aliphatic rings. The lowest BCUT2D eigenvalue weighted by Gasteiger charge is -2.23. The minimum Gasteiger partial charge on any atom is -0.495 e. The Kier molecular flexibility index (Phi) is 5.00. The number of rotatable bonds is 5. The summed E-state index contributed by atoms with van der Waals surface area (Å²) in [6, 6.07) is 3.25. The maximum atomic E-state index is 11.3. The highest BCUT2D eigenvalue weighted by Crippen LogP contribution is 2.38. The van der Waals surface area contributed by atoms with Gasteiger partial charge in [0.1, 0.15) is 5.75 Å². The first-order chi connectivity index (χ1) is 9.19. The van der Waals surface area contributed by atoms with Crippen LogP contribution in [-0.4, -0.2) is 24.1 Å². The molecule has 2 N–H and O–H groups in total. The summed E-state index contributed by atoms with van der Waals surface area (Å²) >= 11 is 6.15. The fraction of sp³-hybridized carbons (Fsp3) is 0.429. The van der Waals surface area contributed by atoms with E-state index in [0.29, 0.717) is 22.0 Å². The van der Waals surface area contributed by atoms with Gasteiger partial charge in [0.05, 0.1) is 18.2 Å². The highest BCUT2D eigenvalue weighted by atomic mass is 35.5. The highest BCUT2D eigenvalue weighted by molar-refractivity contribution is 6.32. The molecule has 0 aliphatic carbocycles. The van der Waals surface area contributed by atoms with Gasteiger partial charge >= 0.3 is 5.97 Å². The molecule has 1 aromatic rings. The predicted molar refractivity (Wildman–Crippen MR) is 77.4 cm³/mol. The summed E-state index contributed by atoms with van der Waals surface area (Å²) in [4.78, 5) is 22.6. The standard InChI is InChI=1S/C14H18ClNO4/c1-8(17)16-12-9(7-14(2,3)13(18)19)10(15)5-6-11(12)20-4/h5-6H,7H2,1-4H3,(H,16,17)(H,18,19). The number of hydrogen-bond acceptors (Lipinski definition) is 3. The van der Waals surface area contributed by atoms with Gasteiger partial charge in [-0.05, 0) is 38.0 Å². The Morgan fingerprint density at radius 3 is 2.45 bits per heavy atom. The number of methoxy groups -OCH3 is 1. The number of carbonyl (C=O) groups excluding carboxylic acids is 1. The van der Waals surface area contributed by atoms with Gasteiger partial charge in [-0.15, -0.1) is 0 Å². The molecule has 0 atom stereocenters. The molecule has 6 heteroatoms. The van der Waals surface area contributed by atoms with Crippen molar-refractivity contribution < 1.29 is 19.4 Å². The molecule has 0 fully saturated rings. The van der Waals surface area contributed by atoms with Gasteiger partial charge in [0.2, 0.25) is 5.91 Å². The van der Waals surface area contributed by atoms with E-state index in [1.165, 1.54) is 14.0 Å². The van der Waals surface area contributed by atoms with E-state index in [1.54, 1.807) is 26.0 Å². The molecule has 0 radical (unpaired) electrons. The van der Waals surface area contributed by atoms with Gasteiger partial charge in [0.25, 0.3) is 0 Å². The maximum Gasteiger partial charge on any atom is 0.309 e. The number of hydrogen-bond donors (Lipinski definition) is 2. The molecule has 0 spiro atoms. The van der Waals surface area contributed by atoms with E-state index >= 15 is 0 Å². The molecule has 20 heavy (non-hydrogen) atoms. The van der Waals surface area contributed by atoms with Crippen molar-refractivity contribution in [1.82, 2.24) is 0 Å². The van der Waals surface area contributed by atoms with Crippen molar-refractivity contribution in [1.29, 1.82) is 0 Å². The SMILES string of the molecule is COc1ccc(Cl)c(CC(C)(C)C(=O)O)c1NC(C)=O. The van der Waals surface area contributed by atoms with Gasteiger partial charge in [-0.3, -0.25) is 9.59 Å². The second-order valence-corrected chi connectivity index (χ2v) is 5.56. The summed E-state index contributed by atoms with van der Waals surface area (Å²) in [6.45, 7) is 4.57. The fourth-order valence-corrected chi connectivity index (χ4v) is 2.00. The molecule has 0 heterocycles. The molecule has 5 nitrogen and oxygen atoms in total. The molecule has 1 amide bonds. The van der Waals surface area contributed by atoms with Crippen molar-refractivity contribution in [3.8, 4) is 5.75 Å². The Morgan fingerprint density at radius 1 is 1.40 bits per heavy atom. The quantitative estimate of drug-likeness (QED) is 0.876. The molecule has 1 aromatic carbocycles. The van der Waals surface area contributed by atoms with Crippen molar-refractivity contribution in [3.05, 3.63) is 22.7 Å². The zero-order valence-corrected chi connectivity index (χ0v) is 12.7. The second-order valence-electron chi connectivity index (χ2n) is 5.15. The zero-order valence-electron chi connectivity index (χ0n) is 11.9. The van der Waals surface area contributed by atoms with E-state index < -0.39 is 11.4 Å². The summed E-state index contributed by atoms with van der Waals surface area (Å²) < 4.78 is 5.20. The largest absolute Gasteiger partial charge is 0.495 e. The van der Waals surface area contributed by atoms with Crippen LogP contribution in [0.4, 0.5) is 5.69 Å². The molecular weight excluding hydrogens is 282 g/mol. The number of nitrogens with one attached hydrogen (secondary N) is 1. The van der Waals surface area contributed by atoms with Crippen molar-refractivity contribution in [3.63, 3.8) is 0 Å². The fourth-order valence-electron chi connectivity index (χ4n) is 1.77. The van der Waals surface area contributed by atoms with Gasteiger partial charge in [-0.25, -0.2) is 0 Å². The van der Waals surface area contributed by atoms with Crippen molar-refractivity contribution in [2.24, 2.45) is 5.41 Å². The van der Waals surface area contributed by atoms with Gasteiger partial charge in [0, 0.05) is 11.9 Å². The Bertz CT molecular complexity index is 540. The summed E-state index contributed by atoms with van der Waals surface area (Å²) in [7, 11) is 1.47. The molecule has 0 aromatic heterocycles. The van der Waals surface area contributed by atoms with Gasteiger partial charge in [-0.1, -0.05) is 11.6 Å². The van der Waals surface area contributed by atoms with Crippen LogP contribution < -0.4 is 10.1 Å². The van der Waals surface area contributed by atoms with E-state index in [4.69, 9.17) is 16.3 Å². The van der Waals surface area contributed by atoms with Gasteiger partial charge in [-0.2, -0.15) is 0 Å². The Morgan fingerprint density at radius 2 is 2.00 bits per heavy atom. The molecule has 0 unspecified atom stereocenters. The summed E-state index contributed by atoms with van der Waals surface area (Å²) in [5.74, 6) is -0.772. The first-order valence-electron chi connectivity index (χ1n) is 6.05. The van der Waals surface area contributed by atoms with E-state index in [0.717, 1.165) is 0 Å². The van der Waals surface area contributed by atoms with Crippen molar-refractivity contribution in [2.75, 3.05) is 12.4 Å². The summed E-state index contributed by atoms with van der Waals surface area (Å²) in [6.07, 6.45) is 0.175. The average Bonchev–Trinajstić information content (AvgIpc) is 2.33. The maximum absolute atomic E-state index is 11.3. The van der Waals surface area contributed by atoms with Crippen LogP contribution in [-0.2, 0) is 16.0 Å². The third-order valence-corrected chi connectivity index (χ3v) is 3.29. The normalized spacial score (nSPS) is 11.1. The van der Waals surface area contributed by atoms with Crippen LogP contribution in [0.3, 0.4) is 0 Å². The van der Waals surface area contributed by atoms with E-state index in [9.17, 15) is 14.7 Å². The van der Waals surface area contributed by atoms with E-state index in [-0.39, 0.29) is 12.3 Å². The van der Waals surface area contributed by atoms with Crippen LogP contribution in [0.1, 0.15) is 26.3 Å². The lowest BCUT2D eigenvalue weighted by Crippen LogP contribution is -2.27. The third kappa shape index (κ3) is 3.63. The van der Waals surface area contributed by atoms with Crippen LogP contribution in [0.2, 0.25) is 5.02 Å². The first kappa shape index (κ1) is 16.3. The van der Waals surface area contributed by atoms with Crippen LogP contribution >= 0.6 is 11.6 Å². The predicted octanol–water partition coefficient (Wildman–Crippen LogP) is 2.96. The van der Waals surface area contributed by atoms with E-state index in [1.807, 2.05) is 0 Å². The molecule has 0 saturated heterocycles. The highest BCUT2D eigenvalue weighted by Gasteiger charge is 2.30. The van der Waals surface area contributed by atoms with Gasteiger partial charge in [0.15, 0.2) is 0 Å². The lowest BCUT2D eigenvalue weighted by molar-refractivity contribution is -0.146. The smallest absolute Gasteiger partial charge is 0.309 e. The summed E-state index contributed by atoms with van der Waals surface area (Å²) in [5, 5.41) is 12.3. The number of anilines is 1. The molecule has 0 bridgehead atoms. The second kappa shape index (κ2) is 6.13. The number of carboxylic acid groups (broad SMARTS) is 1. The van der Waals surface area contributed by atoms with Crippen LogP contribution in [0.15, 0.2) is 12.1 Å². The minimum absolute atomic E-state index is 0.175. The number of carbonyl (C=O) groups is 2. The molecule has 0 saturated carbocycles. The molecule has 0 aliphatic heterocycles.